The fourth-order valence-electron chi connectivity index (χ4n) is 1.50. The van der Waals surface area contributed by atoms with Gasteiger partial charge in [-0.25, -0.2) is 0 Å². The summed E-state index contributed by atoms with van der Waals surface area (Å²) in [5, 5.41) is 10.2. The third-order valence-corrected chi connectivity index (χ3v) is 2.41. The second-order valence-corrected chi connectivity index (χ2v) is 3.66. The van der Waals surface area contributed by atoms with Crippen molar-refractivity contribution in [1.82, 2.24) is 30.3 Å². The number of anilines is 1. The smallest absolute Gasteiger partial charge is 0.295 e. The zero-order valence-electron chi connectivity index (χ0n) is 9.45. The molecule has 3 aromatic heterocycles. The number of hydrogen-bond acceptors (Lipinski definition) is 7. The highest BCUT2D eigenvalue weighted by atomic mass is 16.5. The van der Waals surface area contributed by atoms with Crippen LogP contribution in [0.15, 0.2) is 23.0 Å². The van der Waals surface area contributed by atoms with Crippen LogP contribution in [0.5, 0.6) is 0 Å². The molecule has 0 amide bonds. The number of aromatic nitrogens is 6. The Morgan fingerprint density at radius 3 is 2.94 bits per heavy atom. The number of pyridine rings is 1. The Balaban J connectivity index is 2.02. The molecule has 0 saturated heterocycles. The molecular formula is C10H9N7O. The monoisotopic (exact) mass is 243 g/mol. The molecule has 8 heteroatoms. The highest BCUT2D eigenvalue weighted by molar-refractivity contribution is 5.59. The maximum Gasteiger partial charge on any atom is 0.295 e. The number of hydrogen-bond donors (Lipinski definition) is 2. The zero-order chi connectivity index (χ0) is 12.5. The second-order valence-electron chi connectivity index (χ2n) is 3.66. The molecule has 0 radical (unpaired) electrons. The van der Waals surface area contributed by atoms with Crippen LogP contribution in [0.2, 0.25) is 0 Å². The van der Waals surface area contributed by atoms with E-state index in [0.717, 1.165) is 11.1 Å². The minimum absolute atomic E-state index is 0.127. The predicted octanol–water partition coefficient (Wildman–Crippen LogP) is 0.807. The third-order valence-electron chi connectivity index (χ3n) is 2.41. The molecule has 90 valence electrons. The first-order valence-corrected chi connectivity index (χ1v) is 5.17. The molecule has 0 bridgehead atoms. The highest BCUT2D eigenvalue weighted by Gasteiger charge is 2.15. The van der Waals surface area contributed by atoms with Crippen molar-refractivity contribution in [1.29, 1.82) is 0 Å². The maximum atomic E-state index is 5.40. The quantitative estimate of drug-likeness (QED) is 0.683. The largest absolute Gasteiger partial charge is 0.366 e. The van der Waals surface area contributed by atoms with Crippen molar-refractivity contribution in [3.05, 3.63) is 24.0 Å². The molecule has 0 fully saturated rings. The number of nitrogens with zero attached hydrogens (tertiary/aromatic N) is 5. The number of rotatable bonds is 2. The van der Waals surface area contributed by atoms with Crippen molar-refractivity contribution < 1.29 is 4.52 Å². The average Bonchev–Trinajstić information content (AvgIpc) is 2.98. The molecule has 0 unspecified atom stereocenters. The Morgan fingerprint density at radius 1 is 1.33 bits per heavy atom. The summed E-state index contributed by atoms with van der Waals surface area (Å²) in [5.41, 5.74) is 7.22. The van der Waals surface area contributed by atoms with Gasteiger partial charge in [0.1, 0.15) is 0 Å². The molecule has 3 N–H and O–H groups in total. The molecule has 0 spiro atoms. The first-order chi connectivity index (χ1) is 8.74. The summed E-state index contributed by atoms with van der Waals surface area (Å²) in [4.78, 5) is 12.2. The first-order valence-electron chi connectivity index (χ1n) is 5.17. The molecule has 3 rings (SSSR count). The van der Waals surface area contributed by atoms with Gasteiger partial charge in [-0.3, -0.25) is 10.1 Å². The first kappa shape index (κ1) is 10.4. The SMILES string of the molecule is Cc1ccncc1-c1noc(-c2nc(N)n[nH]2)n1. The Labute approximate surface area is 101 Å². The van der Waals surface area contributed by atoms with E-state index in [1.165, 1.54) is 0 Å². The lowest BCUT2D eigenvalue weighted by molar-refractivity contribution is 0.429. The summed E-state index contributed by atoms with van der Waals surface area (Å²) in [6.07, 6.45) is 3.38. The fourth-order valence-corrected chi connectivity index (χ4v) is 1.50. The molecule has 0 aromatic carbocycles. The summed E-state index contributed by atoms with van der Waals surface area (Å²) >= 11 is 0. The minimum atomic E-state index is 0.127. The van der Waals surface area contributed by atoms with E-state index >= 15 is 0 Å². The van der Waals surface area contributed by atoms with Crippen LogP contribution >= 0.6 is 0 Å². The van der Waals surface area contributed by atoms with Gasteiger partial charge in [0, 0.05) is 18.0 Å². The molecule has 0 aliphatic heterocycles. The normalized spacial score (nSPS) is 10.7. The summed E-state index contributed by atoms with van der Waals surface area (Å²) in [6.45, 7) is 1.94. The number of nitrogen functional groups attached to an aromatic ring is 1. The molecule has 18 heavy (non-hydrogen) atoms. The number of aromatic amines is 1. The van der Waals surface area contributed by atoms with Crippen molar-refractivity contribution in [2.24, 2.45) is 0 Å². The standard InChI is InChI=1S/C10H9N7O/c1-5-2-3-12-4-6(5)7-13-9(18-17-7)8-14-10(11)16-15-8/h2-4H,1H3,(H3,11,14,15,16). The number of H-pyrrole nitrogens is 1. The van der Waals surface area contributed by atoms with Gasteiger partial charge in [-0.15, -0.1) is 5.10 Å². The van der Waals surface area contributed by atoms with Crippen molar-refractivity contribution in [2.75, 3.05) is 5.73 Å². The lowest BCUT2D eigenvalue weighted by Gasteiger charge is -1.96. The van der Waals surface area contributed by atoms with Crippen LogP contribution in [0.4, 0.5) is 5.95 Å². The van der Waals surface area contributed by atoms with E-state index < -0.39 is 0 Å². The zero-order valence-corrected chi connectivity index (χ0v) is 9.45. The van der Waals surface area contributed by atoms with Gasteiger partial charge in [0.2, 0.25) is 17.6 Å². The van der Waals surface area contributed by atoms with Crippen LogP contribution in [0.3, 0.4) is 0 Å². The minimum Gasteiger partial charge on any atom is -0.366 e. The van der Waals surface area contributed by atoms with Crippen LogP contribution in [0.1, 0.15) is 5.56 Å². The van der Waals surface area contributed by atoms with Crippen molar-refractivity contribution >= 4 is 5.95 Å². The molecule has 0 atom stereocenters. The topological polar surface area (TPSA) is 119 Å². The van der Waals surface area contributed by atoms with Gasteiger partial charge in [-0.1, -0.05) is 5.16 Å². The molecular weight excluding hydrogens is 234 g/mol. The van der Waals surface area contributed by atoms with E-state index in [1.54, 1.807) is 12.4 Å². The van der Waals surface area contributed by atoms with Crippen LogP contribution < -0.4 is 5.73 Å². The Morgan fingerprint density at radius 2 is 2.22 bits per heavy atom. The van der Waals surface area contributed by atoms with Gasteiger partial charge < -0.3 is 10.3 Å². The third kappa shape index (κ3) is 1.69. The van der Waals surface area contributed by atoms with Crippen molar-refractivity contribution in [3.8, 4) is 23.1 Å². The highest BCUT2D eigenvalue weighted by Crippen LogP contribution is 2.21. The molecule has 8 nitrogen and oxygen atoms in total. The average molecular weight is 243 g/mol. The lowest BCUT2D eigenvalue weighted by atomic mass is 10.1. The molecule has 3 aromatic rings. The van der Waals surface area contributed by atoms with Crippen LogP contribution in [-0.4, -0.2) is 30.3 Å². The Kier molecular flexibility index (Phi) is 2.26. The molecule has 3 heterocycles. The summed E-state index contributed by atoms with van der Waals surface area (Å²) in [7, 11) is 0. The molecule has 0 aliphatic rings. The molecule has 0 saturated carbocycles. The van der Waals surface area contributed by atoms with Gasteiger partial charge in [-0.2, -0.15) is 9.97 Å². The Hall–Kier alpha value is -2.77. The van der Waals surface area contributed by atoms with E-state index in [0.29, 0.717) is 11.6 Å². The van der Waals surface area contributed by atoms with Gasteiger partial charge in [-0.05, 0) is 18.6 Å². The van der Waals surface area contributed by atoms with Gasteiger partial charge >= 0.3 is 0 Å². The van der Waals surface area contributed by atoms with E-state index in [4.69, 9.17) is 10.3 Å². The van der Waals surface area contributed by atoms with E-state index in [1.807, 2.05) is 13.0 Å². The van der Waals surface area contributed by atoms with Crippen LogP contribution in [-0.2, 0) is 0 Å². The number of nitrogens with one attached hydrogen (secondary N) is 1. The summed E-state index contributed by atoms with van der Waals surface area (Å²) in [6, 6.07) is 1.87. The number of aryl methyl sites for hydroxylation is 1. The van der Waals surface area contributed by atoms with Gasteiger partial charge in [0.25, 0.3) is 5.89 Å². The summed E-state index contributed by atoms with van der Waals surface area (Å²) in [5.74, 6) is 1.15. The Bertz CT molecular complexity index is 687. The number of nitrogens with two attached hydrogens (primary N) is 1. The van der Waals surface area contributed by atoms with Crippen LogP contribution in [0, 0.1) is 6.92 Å². The lowest BCUT2D eigenvalue weighted by Crippen LogP contribution is -1.87. The van der Waals surface area contributed by atoms with Crippen molar-refractivity contribution in [2.45, 2.75) is 6.92 Å². The second kappa shape index (κ2) is 3.91. The fraction of sp³-hybridized carbons (Fsp3) is 0.100. The van der Waals surface area contributed by atoms with Crippen LogP contribution in [0.25, 0.3) is 23.1 Å². The maximum absolute atomic E-state index is 5.40. The van der Waals surface area contributed by atoms with Gasteiger partial charge in [0.15, 0.2) is 0 Å². The van der Waals surface area contributed by atoms with Crippen molar-refractivity contribution in [3.63, 3.8) is 0 Å². The summed E-state index contributed by atoms with van der Waals surface area (Å²) < 4.78 is 5.10. The molecule has 0 aliphatic carbocycles. The van der Waals surface area contributed by atoms with Gasteiger partial charge in [0.05, 0.1) is 0 Å². The van der Waals surface area contributed by atoms with E-state index in [2.05, 4.69) is 30.3 Å². The van der Waals surface area contributed by atoms with E-state index in [9.17, 15) is 0 Å². The van der Waals surface area contributed by atoms with E-state index in [-0.39, 0.29) is 11.8 Å². The predicted molar refractivity (Wildman–Crippen MR) is 62.1 cm³/mol.